The quantitative estimate of drug-likeness (QED) is 0.462. The number of hydrogen-bond acceptors (Lipinski definition) is 5. The van der Waals surface area contributed by atoms with Crippen molar-refractivity contribution in [3.8, 4) is 11.3 Å². The van der Waals surface area contributed by atoms with Gasteiger partial charge in [0.2, 0.25) is 12.3 Å². The van der Waals surface area contributed by atoms with Crippen LogP contribution >= 0.6 is 0 Å². The van der Waals surface area contributed by atoms with E-state index in [9.17, 15) is 9.59 Å². The lowest BCUT2D eigenvalue weighted by Gasteiger charge is -2.12. The van der Waals surface area contributed by atoms with Crippen LogP contribution in [0.3, 0.4) is 0 Å². The molecule has 1 atom stereocenters. The predicted molar refractivity (Wildman–Crippen MR) is 116 cm³/mol. The number of anilines is 1. The van der Waals surface area contributed by atoms with Crippen molar-refractivity contribution in [2.75, 3.05) is 5.32 Å². The Kier molecular flexibility index (Phi) is 5.40. The van der Waals surface area contributed by atoms with Gasteiger partial charge in [-0.3, -0.25) is 19.1 Å². The van der Waals surface area contributed by atoms with Crippen LogP contribution in [-0.4, -0.2) is 37.7 Å². The average molecular weight is 402 g/mol. The first kappa shape index (κ1) is 19.5. The van der Waals surface area contributed by atoms with E-state index in [1.165, 1.54) is 4.57 Å². The highest BCUT2D eigenvalue weighted by molar-refractivity contribution is 5.95. The Morgan fingerprint density at radius 1 is 1.23 bits per heavy atom. The van der Waals surface area contributed by atoms with Gasteiger partial charge in [0.25, 0.3) is 0 Å². The molecule has 0 saturated heterocycles. The minimum atomic E-state index is -0.777. The second-order valence-electron chi connectivity index (χ2n) is 6.95. The van der Waals surface area contributed by atoms with Gasteiger partial charge in [-0.15, -0.1) is 0 Å². The highest BCUT2D eigenvalue weighted by Crippen LogP contribution is 2.23. The van der Waals surface area contributed by atoms with E-state index in [0.717, 1.165) is 34.1 Å². The molecule has 4 aromatic rings. The Hall–Kier alpha value is -3.78. The predicted octanol–water partition coefficient (Wildman–Crippen LogP) is 2.47. The number of nitrogens with two attached hydrogens (primary N) is 1. The summed E-state index contributed by atoms with van der Waals surface area (Å²) < 4.78 is 3.22. The van der Waals surface area contributed by atoms with Gasteiger partial charge in [0.1, 0.15) is 5.82 Å². The number of para-hydroxylation sites is 1. The number of aryl methyl sites for hydroxylation is 1. The van der Waals surface area contributed by atoms with Crippen LogP contribution in [0, 0.1) is 0 Å². The van der Waals surface area contributed by atoms with E-state index in [4.69, 9.17) is 5.73 Å². The fraction of sp³-hybridized carbons (Fsp3) is 0.182. The molecule has 1 amide bonds. The summed E-state index contributed by atoms with van der Waals surface area (Å²) in [6, 6.07) is 12.3. The standard InChI is InChI=1S/C22H22N6O2/c1-2-28-21(12-19(26-28)15-7-9-24-10-8-15)25-22(30)18(23)11-16-13-27(14-29)20-6-4-3-5-17(16)20/h3-10,12-14,18H,2,11,23H2,1H3,(H,25,30)/t18-/m0/s1. The van der Waals surface area contributed by atoms with Gasteiger partial charge in [-0.05, 0) is 37.1 Å². The van der Waals surface area contributed by atoms with Gasteiger partial charge in [-0.1, -0.05) is 18.2 Å². The normalized spacial score (nSPS) is 12.1. The Balaban J connectivity index is 1.53. The van der Waals surface area contributed by atoms with Crippen molar-refractivity contribution in [3.05, 3.63) is 66.6 Å². The molecule has 8 nitrogen and oxygen atoms in total. The SMILES string of the molecule is CCn1nc(-c2ccncc2)cc1NC(=O)[C@@H](N)Cc1cn(C=O)c2ccccc12. The Bertz CT molecular complexity index is 1200. The lowest BCUT2D eigenvalue weighted by Crippen LogP contribution is -2.37. The molecule has 0 fully saturated rings. The Labute approximate surface area is 173 Å². The monoisotopic (exact) mass is 402 g/mol. The van der Waals surface area contributed by atoms with E-state index in [1.54, 1.807) is 23.3 Å². The van der Waals surface area contributed by atoms with Gasteiger partial charge in [0, 0.05) is 42.2 Å². The van der Waals surface area contributed by atoms with Crippen LogP contribution in [0.1, 0.15) is 12.5 Å². The maximum absolute atomic E-state index is 12.8. The molecule has 8 heteroatoms. The van der Waals surface area contributed by atoms with E-state index in [0.29, 0.717) is 18.8 Å². The van der Waals surface area contributed by atoms with Crippen molar-refractivity contribution >= 4 is 29.0 Å². The molecule has 0 aliphatic rings. The molecule has 0 aliphatic heterocycles. The molecule has 0 unspecified atom stereocenters. The van der Waals surface area contributed by atoms with Gasteiger partial charge in [-0.25, -0.2) is 4.68 Å². The van der Waals surface area contributed by atoms with Crippen molar-refractivity contribution in [3.63, 3.8) is 0 Å². The number of hydrogen-bond donors (Lipinski definition) is 2. The van der Waals surface area contributed by atoms with Crippen LogP contribution in [0.25, 0.3) is 22.2 Å². The van der Waals surface area contributed by atoms with Crippen LogP contribution in [-0.2, 0) is 22.6 Å². The minimum Gasteiger partial charge on any atom is -0.320 e. The van der Waals surface area contributed by atoms with Crippen molar-refractivity contribution < 1.29 is 9.59 Å². The van der Waals surface area contributed by atoms with Gasteiger partial charge in [0.05, 0.1) is 17.3 Å². The number of nitrogens with one attached hydrogen (secondary N) is 1. The largest absolute Gasteiger partial charge is 0.320 e. The summed E-state index contributed by atoms with van der Waals surface area (Å²) in [5, 5.41) is 8.34. The minimum absolute atomic E-state index is 0.310. The molecule has 3 aromatic heterocycles. The zero-order chi connectivity index (χ0) is 21.1. The van der Waals surface area contributed by atoms with Crippen LogP contribution in [0.5, 0.6) is 0 Å². The molecule has 152 valence electrons. The Morgan fingerprint density at radius 2 is 2.00 bits per heavy atom. The van der Waals surface area contributed by atoms with E-state index in [-0.39, 0.29) is 5.91 Å². The first-order valence-corrected chi connectivity index (χ1v) is 9.69. The van der Waals surface area contributed by atoms with Gasteiger partial charge in [-0.2, -0.15) is 5.10 Å². The molecular weight excluding hydrogens is 380 g/mol. The number of fused-ring (bicyclic) bond motifs is 1. The van der Waals surface area contributed by atoms with Crippen molar-refractivity contribution in [1.29, 1.82) is 0 Å². The molecule has 4 rings (SSSR count). The molecule has 0 spiro atoms. The summed E-state index contributed by atoms with van der Waals surface area (Å²) in [7, 11) is 0. The molecule has 0 saturated carbocycles. The summed E-state index contributed by atoms with van der Waals surface area (Å²) in [5.74, 6) is 0.272. The number of aromatic nitrogens is 4. The zero-order valence-electron chi connectivity index (χ0n) is 16.5. The highest BCUT2D eigenvalue weighted by Gasteiger charge is 2.19. The number of rotatable bonds is 7. The third-order valence-corrected chi connectivity index (χ3v) is 5.02. The topological polar surface area (TPSA) is 108 Å². The first-order valence-electron chi connectivity index (χ1n) is 9.69. The number of pyridine rings is 1. The summed E-state index contributed by atoms with van der Waals surface area (Å²) in [5.41, 5.74) is 9.51. The van der Waals surface area contributed by atoms with E-state index in [2.05, 4.69) is 15.4 Å². The van der Waals surface area contributed by atoms with Gasteiger partial charge >= 0.3 is 0 Å². The van der Waals surface area contributed by atoms with Crippen LogP contribution in [0.4, 0.5) is 5.82 Å². The summed E-state index contributed by atoms with van der Waals surface area (Å²) in [6.45, 7) is 2.55. The summed E-state index contributed by atoms with van der Waals surface area (Å²) in [6.07, 6.45) is 6.18. The second-order valence-corrected chi connectivity index (χ2v) is 6.95. The summed E-state index contributed by atoms with van der Waals surface area (Å²) >= 11 is 0. The molecule has 1 aromatic carbocycles. The first-order chi connectivity index (χ1) is 14.6. The number of amides is 1. The van der Waals surface area contributed by atoms with E-state index < -0.39 is 6.04 Å². The fourth-order valence-electron chi connectivity index (χ4n) is 3.50. The molecular formula is C22H22N6O2. The second kappa shape index (κ2) is 8.30. The molecule has 3 heterocycles. The third-order valence-electron chi connectivity index (χ3n) is 5.02. The van der Waals surface area contributed by atoms with Gasteiger partial charge < -0.3 is 11.1 Å². The van der Waals surface area contributed by atoms with Gasteiger partial charge in [0.15, 0.2) is 0 Å². The summed E-state index contributed by atoms with van der Waals surface area (Å²) in [4.78, 5) is 28.1. The fourth-order valence-corrected chi connectivity index (χ4v) is 3.50. The van der Waals surface area contributed by atoms with Crippen molar-refractivity contribution in [2.24, 2.45) is 5.73 Å². The highest BCUT2D eigenvalue weighted by atomic mass is 16.2. The molecule has 0 radical (unpaired) electrons. The number of carbonyl (C=O) groups is 2. The third kappa shape index (κ3) is 3.72. The number of nitrogens with zero attached hydrogens (tertiary/aromatic N) is 4. The smallest absolute Gasteiger partial charge is 0.242 e. The number of benzene rings is 1. The lowest BCUT2D eigenvalue weighted by atomic mass is 10.1. The molecule has 3 N–H and O–H groups in total. The lowest BCUT2D eigenvalue weighted by molar-refractivity contribution is -0.117. The average Bonchev–Trinajstić information content (AvgIpc) is 3.35. The maximum atomic E-state index is 12.8. The molecule has 0 aliphatic carbocycles. The molecule has 30 heavy (non-hydrogen) atoms. The molecule has 0 bridgehead atoms. The van der Waals surface area contributed by atoms with Crippen LogP contribution < -0.4 is 11.1 Å². The van der Waals surface area contributed by atoms with Crippen LogP contribution in [0.2, 0.25) is 0 Å². The van der Waals surface area contributed by atoms with E-state index >= 15 is 0 Å². The van der Waals surface area contributed by atoms with Crippen molar-refractivity contribution in [1.82, 2.24) is 19.3 Å². The number of carbonyl (C=O) groups excluding carboxylic acids is 2. The Morgan fingerprint density at radius 3 is 2.73 bits per heavy atom. The maximum Gasteiger partial charge on any atom is 0.242 e. The zero-order valence-corrected chi connectivity index (χ0v) is 16.5. The van der Waals surface area contributed by atoms with Crippen molar-refractivity contribution in [2.45, 2.75) is 25.9 Å². The van der Waals surface area contributed by atoms with E-state index in [1.807, 2.05) is 49.4 Å². The van der Waals surface area contributed by atoms with Crippen LogP contribution in [0.15, 0.2) is 61.1 Å².